The molecule has 0 aliphatic carbocycles. The van der Waals surface area contributed by atoms with Gasteiger partial charge in [-0.25, -0.2) is 0 Å². The van der Waals surface area contributed by atoms with Gasteiger partial charge in [-0.1, -0.05) is 0 Å². The summed E-state index contributed by atoms with van der Waals surface area (Å²) in [5.41, 5.74) is 0. The van der Waals surface area contributed by atoms with E-state index in [1.807, 2.05) is 0 Å². The molecular weight excluding hydrogens is 90.9 g/mol. The zero-order valence-electron chi connectivity index (χ0n) is 3.09. The van der Waals surface area contributed by atoms with Crippen molar-refractivity contribution in [2.75, 3.05) is 0 Å². The van der Waals surface area contributed by atoms with Crippen LogP contribution in [0.3, 0.4) is 0 Å². The Morgan fingerprint density at radius 1 is 1.57 bits per heavy atom. The molecule has 0 bridgehead atoms. The molecule has 7 heavy (non-hydrogen) atoms. The Balaban J connectivity index is 0.000000360. The van der Waals surface area contributed by atoms with Crippen LogP contribution >= 0.6 is 0 Å². The van der Waals surface area contributed by atoms with Gasteiger partial charge in [0.1, 0.15) is 0 Å². The fourth-order valence-electron chi connectivity index (χ4n) is 0.270. The first-order valence-corrected chi connectivity index (χ1v) is 1.62. The average Bonchev–Trinajstić information content (AvgIpc) is 1.86. The lowest BCUT2D eigenvalue weighted by Gasteiger charge is -1.69. The summed E-state index contributed by atoms with van der Waals surface area (Å²) in [6.07, 6.45) is 1.41. The van der Waals surface area contributed by atoms with E-state index in [0.717, 1.165) is 0 Å². The molecular formula is C4H7BO2. The minimum absolute atomic E-state index is 0. The minimum atomic E-state index is -0.0324. The second-order valence-corrected chi connectivity index (χ2v) is 0.951. The van der Waals surface area contributed by atoms with E-state index in [4.69, 9.17) is 5.11 Å². The lowest BCUT2D eigenvalue weighted by Crippen LogP contribution is -1.40. The molecule has 2 nitrogen and oxygen atoms in total. The monoisotopic (exact) mass is 98.1 g/mol. The third-order valence-corrected chi connectivity index (χ3v) is 0.506. The van der Waals surface area contributed by atoms with Gasteiger partial charge < -0.3 is 9.52 Å². The summed E-state index contributed by atoms with van der Waals surface area (Å²) >= 11 is 0. The van der Waals surface area contributed by atoms with Gasteiger partial charge in [0.05, 0.1) is 14.7 Å². The number of rotatable bonds is 0. The van der Waals surface area contributed by atoms with Crippen molar-refractivity contribution in [3.8, 4) is 5.95 Å². The van der Waals surface area contributed by atoms with Crippen LogP contribution in [0, 0.1) is 0 Å². The standard InChI is InChI=1S/C4H4O2.BH3/c5-4-2-1-3-6-4;/h1-3,5H;1H3. The highest BCUT2D eigenvalue weighted by Gasteiger charge is 1.79. The van der Waals surface area contributed by atoms with E-state index in [1.165, 1.54) is 12.3 Å². The summed E-state index contributed by atoms with van der Waals surface area (Å²) in [6, 6.07) is 3.09. The van der Waals surface area contributed by atoms with Gasteiger partial charge in [0.2, 0.25) is 0 Å². The van der Waals surface area contributed by atoms with E-state index in [-0.39, 0.29) is 14.4 Å². The van der Waals surface area contributed by atoms with Crippen molar-refractivity contribution in [3.63, 3.8) is 0 Å². The van der Waals surface area contributed by atoms with Crippen molar-refractivity contribution < 1.29 is 9.52 Å². The Morgan fingerprint density at radius 2 is 2.29 bits per heavy atom. The molecule has 1 aromatic rings. The maximum absolute atomic E-state index is 8.31. The van der Waals surface area contributed by atoms with Crippen molar-refractivity contribution in [2.45, 2.75) is 0 Å². The summed E-state index contributed by atoms with van der Waals surface area (Å²) in [5.74, 6) is -0.0324. The van der Waals surface area contributed by atoms with E-state index >= 15 is 0 Å². The van der Waals surface area contributed by atoms with Gasteiger partial charge in [-0.05, 0) is 6.07 Å². The van der Waals surface area contributed by atoms with Gasteiger partial charge in [-0.15, -0.1) is 0 Å². The van der Waals surface area contributed by atoms with Crippen LogP contribution in [0.4, 0.5) is 0 Å². The molecule has 3 heteroatoms. The van der Waals surface area contributed by atoms with Gasteiger partial charge in [0.25, 0.3) is 5.95 Å². The number of aromatic hydroxyl groups is 1. The summed E-state index contributed by atoms with van der Waals surface area (Å²) in [5, 5.41) is 8.31. The molecule has 0 spiro atoms. The maximum Gasteiger partial charge on any atom is 0.281 e. The number of hydrogen-bond donors (Lipinski definition) is 1. The van der Waals surface area contributed by atoms with Crippen LogP contribution in [0.1, 0.15) is 0 Å². The van der Waals surface area contributed by atoms with Crippen LogP contribution in [0.25, 0.3) is 0 Å². The molecule has 0 amide bonds. The molecule has 0 aliphatic rings. The molecule has 0 fully saturated rings. The molecule has 1 N–H and O–H groups in total. The van der Waals surface area contributed by atoms with Gasteiger partial charge in [0.15, 0.2) is 0 Å². The number of hydrogen-bond acceptors (Lipinski definition) is 2. The van der Waals surface area contributed by atoms with E-state index in [2.05, 4.69) is 4.42 Å². The molecule has 1 rings (SSSR count). The Bertz CT molecular complexity index is 113. The average molecular weight is 97.9 g/mol. The van der Waals surface area contributed by atoms with Gasteiger partial charge in [-0.2, -0.15) is 0 Å². The van der Waals surface area contributed by atoms with Crippen molar-refractivity contribution in [1.29, 1.82) is 0 Å². The predicted octanol–water partition coefficient (Wildman–Crippen LogP) is -0.199. The molecule has 0 saturated heterocycles. The summed E-state index contributed by atoms with van der Waals surface area (Å²) in [7, 11) is 0. The molecule has 1 heterocycles. The Hall–Kier alpha value is -0.855. The smallest absolute Gasteiger partial charge is 0.281 e. The third-order valence-electron chi connectivity index (χ3n) is 0.506. The van der Waals surface area contributed by atoms with E-state index in [9.17, 15) is 0 Å². The van der Waals surface area contributed by atoms with Crippen LogP contribution in [-0.4, -0.2) is 13.5 Å². The first-order chi connectivity index (χ1) is 2.89. The highest BCUT2D eigenvalue weighted by Crippen LogP contribution is 2.04. The van der Waals surface area contributed by atoms with Crippen molar-refractivity contribution in [3.05, 3.63) is 18.4 Å². The molecule has 0 aromatic carbocycles. The summed E-state index contributed by atoms with van der Waals surface area (Å²) in [6.45, 7) is 0. The maximum atomic E-state index is 8.31. The lowest BCUT2D eigenvalue weighted by molar-refractivity contribution is 0.332. The second kappa shape index (κ2) is 2.34. The van der Waals surface area contributed by atoms with Crippen molar-refractivity contribution in [2.24, 2.45) is 0 Å². The second-order valence-electron chi connectivity index (χ2n) is 0.951. The Kier molecular flexibility index (Phi) is 2.05. The molecule has 0 aliphatic heterocycles. The van der Waals surface area contributed by atoms with Crippen LogP contribution in [-0.2, 0) is 0 Å². The highest BCUT2D eigenvalue weighted by molar-refractivity contribution is 5.75. The zero-order valence-corrected chi connectivity index (χ0v) is 3.09. The van der Waals surface area contributed by atoms with Crippen molar-refractivity contribution >= 4 is 8.41 Å². The van der Waals surface area contributed by atoms with Crippen LogP contribution in [0.2, 0.25) is 0 Å². The summed E-state index contributed by atoms with van der Waals surface area (Å²) < 4.78 is 4.39. The fraction of sp³-hybridized carbons (Fsp3) is 0. The molecule has 0 saturated carbocycles. The SMILES string of the molecule is B.Oc1ccco1. The van der Waals surface area contributed by atoms with E-state index in [1.54, 1.807) is 6.07 Å². The van der Waals surface area contributed by atoms with Crippen molar-refractivity contribution in [1.82, 2.24) is 0 Å². The van der Waals surface area contributed by atoms with Gasteiger partial charge >= 0.3 is 0 Å². The molecule has 0 unspecified atom stereocenters. The predicted molar refractivity (Wildman–Crippen MR) is 30.3 cm³/mol. The minimum Gasteiger partial charge on any atom is -0.481 e. The van der Waals surface area contributed by atoms with Crippen LogP contribution < -0.4 is 0 Å². The van der Waals surface area contributed by atoms with Gasteiger partial charge in [-0.3, -0.25) is 0 Å². The fourth-order valence-corrected chi connectivity index (χ4v) is 0.270. The van der Waals surface area contributed by atoms with Crippen LogP contribution in [0.15, 0.2) is 22.8 Å². The van der Waals surface area contributed by atoms with E-state index < -0.39 is 0 Å². The Morgan fingerprint density at radius 3 is 2.43 bits per heavy atom. The number of furan rings is 1. The highest BCUT2D eigenvalue weighted by atomic mass is 16.5. The van der Waals surface area contributed by atoms with E-state index in [0.29, 0.717) is 0 Å². The third kappa shape index (κ3) is 1.35. The lowest BCUT2D eigenvalue weighted by atomic mass is 10.7. The zero-order chi connectivity index (χ0) is 4.41. The molecule has 0 radical (unpaired) electrons. The van der Waals surface area contributed by atoms with Gasteiger partial charge in [0, 0.05) is 6.07 Å². The largest absolute Gasteiger partial charge is 0.481 e. The molecule has 38 valence electrons. The first-order valence-electron chi connectivity index (χ1n) is 1.62. The topological polar surface area (TPSA) is 33.4 Å². The normalized spacial score (nSPS) is 7.43. The van der Waals surface area contributed by atoms with Crippen LogP contribution in [0.5, 0.6) is 5.95 Å². The molecule has 0 atom stereocenters. The summed E-state index contributed by atoms with van der Waals surface area (Å²) in [4.78, 5) is 0. The first kappa shape index (κ1) is 6.14. The quantitative estimate of drug-likeness (QED) is 0.456. The Labute approximate surface area is 43.3 Å². The molecule has 1 aromatic heterocycles.